The summed E-state index contributed by atoms with van der Waals surface area (Å²) in [5.41, 5.74) is 1.71. The average Bonchev–Trinajstić information content (AvgIpc) is 2.47. The van der Waals surface area contributed by atoms with Gasteiger partial charge < -0.3 is 15.7 Å². The van der Waals surface area contributed by atoms with Gasteiger partial charge in [0, 0.05) is 12.2 Å². The quantitative estimate of drug-likeness (QED) is 0.766. The van der Waals surface area contributed by atoms with Crippen LogP contribution in [0.15, 0.2) is 12.3 Å². The Hall–Kier alpha value is -1.62. The monoisotopic (exact) mass is 277 g/mol. The van der Waals surface area contributed by atoms with Crippen molar-refractivity contribution >= 4 is 11.7 Å². The Balaban J connectivity index is 1.80. The van der Waals surface area contributed by atoms with Crippen molar-refractivity contribution in [2.75, 3.05) is 11.9 Å². The molecule has 5 heteroatoms. The molecule has 1 amide bonds. The molecular formula is C15H23N3O2. The summed E-state index contributed by atoms with van der Waals surface area (Å²) in [5.74, 6) is 0.713. The second-order valence-electron chi connectivity index (χ2n) is 5.42. The zero-order chi connectivity index (χ0) is 14.4. The Bertz CT molecular complexity index is 456. The maximum Gasteiger partial charge on any atom is 0.239 e. The topological polar surface area (TPSA) is 74.2 Å². The lowest BCUT2D eigenvalue weighted by molar-refractivity contribution is -0.120. The van der Waals surface area contributed by atoms with E-state index in [9.17, 15) is 4.79 Å². The van der Waals surface area contributed by atoms with Gasteiger partial charge in [-0.05, 0) is 37.0 Å². The van der Waals surface area contributed by atoms with Gasteiger partial charge >= 0.3 is 0 Å². The van der Waals surface area contributed by atoms with Crippen LogP contribution in [0, 0.1) is 6.92 Å². The van der Waals surface area contributed by atoms with Crippen LogP contribution in [0.25, 0.3) is 0 Å². The van der Waals surface area contributed by atoms with Crippen molar-refractivity contribution in [1.82, 2.24) is 10.3 Å². The zero-order valence-corrected chi connectivity index (χ0v) is 12.0. The molecule has 0 unspecified atom stereocenters. The Kier molecular flexibility index (Phi) is 5.35. The van der Waals surface area contributed by atoms with E-state index < -0.39 is 0 Å². The average molecular weight is 277 g/mol. The normalized spacial score (nSPS) is 15.9. The predicted molar refractivity (Wildman–Crippen MR) is 78.4 cm³/mol. The van der Waals surface area contributed by atoms with Crippen LogP contribution in [0.4, 0.5) is 5.82 Å². The number of nitrogens with zero attached hydrogens (tertiary/aromatic N) is 1. The van der Waals surface area contributed by atoms with Gasteiger partial charge in [-0.15, -0.1) is 0 Å². The number of anilines is 1. The van der Waals surface area contributed by atoms with Gasteiger partial charge in [0.1, 0.15) is 5.82 Å². The van der Waals surface area contributed by atoms with E-state index in [2.05, 4.69) is 15.6 Å². The van der Waals surface area contributed by atoms with E-state index >= 15 is 0 Å². The second kappa shape index (κ2) is 7.24. The molecule has 0 radical (unpaired) electrons. The van der Waals surface area contributed by atoms with Crippen LogP contribution in [0.1, 0.15) is 43.2 Å². The lowest BCUT2D eigenvalue weighted by Gasteiger charge is -2.22. The molecule has 1 aromatic rings. The summed E-state index contributed by atoms with van der Waals surface area (Å²) in [5, 5.41) is 15.1. The number of amides is 1. The van der Waals surface area contributed by atoms with E-state index in [1.807, 2.05) is 13.0 Å². The van der Waals surface area contributed by atoms with E-state index in [4.69, 9.17) is 5.11 Å². The largest absolute Gasteiger partial charge is 0.392 e. The molecule has 1 aliphatic carbocycles. The summed E-state index contributed by atoms with van der Waals surface area (Å²) in [6.07, 6.45) is 7.51. The minimum atomic E-state index is -0.0176. The number of aliphatic hydroxyl groups excluding tert-OH is 1. The summed E-state index contributed by atoms with van der Waals surface area (Å²) in [6.45, 7) is 2.13. The molecule has 0 saturated heterocycles. The van der Waals surface area contributed by atoms with E-state index in [1.165, 1.54) is 19.3 Å². The molecule has 20 heavy (non-hydrogen) atoms. The molecule has 1 fully saturated rings. The first-order valence-corrected chi connectivity index (χ1v) is 7.28. The van der Waals surface area contributed by atoms with E-state index in [-0.39, 0.29) is 19.1 Å². The molecule has 0 aliphatic heterocycles. The first-order valence-electron chi connectivity index (χ1n) is 7.28. The fraction of sp³-hybridized carbons (Fsp3) is 0.600. The maximum atomic E-state index is 11.9. The molecule has 1 heterocycles. The zero-order valence-electron chi connectivity index (χ0n) is 12.0. The highest BCUT2D eigenvalue weighted by Crippen LogP contribution is 2.17. The molecule has 0 bridgehead atoms. The first kappa shape index (κ1) is 14.8. The van der Waals surface area contributed by atoms with Crippen molar-refractivity contribution in [1.29, 1.82) is 0 Å². The van der Waals surface area contributed by atoms with Gasteiger partial charge in [0.15, 0.2) is 0 Å². The molecule has 1 aliphatic rings. The molecule has 110 valence electrons. The number of pyridine rings is 1. The van der Waals surface area contributed by atoms with Crippen molar-refractivity contribution in [3.05, 3.63) is 23.4 Å². The number of aromatic nitrogens is 1. The van der Waals surface area contributed by atoms with Crippen LogP contribution in [-0.2, 0) is 11.4 Å². The fourth-order valence-corrected chi connectivity index (χ4v) is 2.59. The summed E-state index contributed by atoms with van der Waals surface area (Å²) >= 11 is 0. The number of aliphatic hydroxyl groups is 1. The van der Waals surface area contributed by atoms with Crippen LogP contribution >= 0.6 is 0 Å². The molecule has 3 N–H and O–H groups in total. The molecule has 1 saturated carbocycles. The van der Waals surface area contributed by atoms with Gasteiger partial charge in [-0.2, -0.15) is 0 Å². The Morgan fingerprint density at radius 1 is 1.40 bits per heavy atom. The first-order chi connectivity index (χ1) is 9.69. The van der Waals surface area contributed by atoms with Crippen LogP contribution in [0.3, 0.4) is 0 Å². The molecule has 5 nitrogen and oxygen atoms in total. The summed E-state index contributed by atoms with van der Waals surface area (Å²) in [4.78, 5) is 16.1. The Morgan fingerprint density at radius 3 is 2.80 bits per heavy atom. The van der Waals surface area contributed by atoms with Crippen molar-refractivity contribution < 1.29 is 9.90 Å². The summed E-state index contributed by atoms with van der Waals surface area (Å²) in [6, 6.07) is 2.21. The third kappa shape index (κ3) is 4.20. The lowest BCUT2D eigenvalue weighted by Crippen LogP contribution is -2.39. The highest BCUT2D eigenvalue weighted by atomic mass is 16.3. The minimum Gasteiger partial charge on any atom is -0.392 e. The highest BCUT2D eigenvalue weighted by Gasteiger charge is 2.15. The molecular weight excluding hydrogens is 254 g/mol. The van der Waals surface area contributed by atoms with Crippen molar-refractivity contribution in [2.24, 2.45) is 0 Å². The van der Waals surface area contributed by atoms with E-state index in [1.54, 1.807) is 6.20 Å². The molecule has 0 aromatic carbocycles. The fourth-order valence-electron chi connectivity index (χ4n) is 2.59. The number of aryl methyl sites for hydroxylation is 1. The molecule has 1 aromatic heterocycles. The number of carbonyl (C=O) groups is 1. The van der Waals surface area contributed by atoms with Crippen molar-refractivity contribution in [3.8, 4) is 0 Å². The number of carbonyl (C=O) groups excluding carboxylic acids is 1. The Labute approximate surface area is 119 Å². The second-order valence-corrected chi connectivity index (χ2v) is 5.42. The van der Waals surface area contributed by atoms with Crippen LogP contribution < -0.4 is 10.6 Å². The van der Waals surface area contributed by atoms with Gasteiger partial charge in [-0.25, -0.2) is 4.98 Å². The standard InChI is InChI=1S/C15H23N3O2/c1-11-7-12(10-19)8-16-15(11)17-9-14(20)18-13-5-3-2-4-6-13/h7-8,13,19H,2-6,9-10H2,1H3,(H,16,17)(H,18,20). The van der Waals surface area contributed by atoms with Crippen molar-refractivity contribution in [3.63, 3.8) is 0 Å². The Morgan fingerprint density at radius 2 is 2.15 bits per heavy atom. The predicted octanol–water partition coefficient (Wildman–Crippen LogP) is 1.74. The summed E-state index contributed by atoms with van der Waals surface area (Å²) < 4.78 is 0. The number of hydrogen-bond acceptors (Lipinski definition) is 4. The molecule has 0 spiro atoms. The van der Waals surface area contributed by atoms with Gasteiger partial charge in [-0.3, -0.25) is 4.79 Å². The van der Waals surface area contributed by atoms with Crippen LogP contribution in [0.5, 0.6) is 0 Å². The smallest absolute Gasteiger partial charge is 0.239 e. The number of hydrogen-bond donors (Lipinski definition) is 3. The maximum absolute atomic E-state index is 11.9. The SMILES string of the molecule is Cc1cc(CO)cnc1NCC(=O)NC1CCCCC1. The lowest BCUT2D eigenvalue weighted by atomic mass is 9.95. The number of nitrogens with one attached hydrogen (secondary N) is 2. The van der Waals surface area contributed by atoms with Gasteiger partial charge in [0.25, 0.3) is 0 Å². The molecule has 2 rings (SSSR count). The van der Waals surface area contributed by atoms with Gasteiger partial charge in [0.2, 0.25) is 5.91 Å². The van der Waals surface area contributed by atoms with E-state index in [0.29, 0.717) is 11.9 Å². The van der Waals surface area contributed by atoms with Crippen LogP contribution in [0.2, 0.25) is 0 Å². The van der Waals surface area contributed by atoms with Crippen LogP contribution in [-0.4, -0.2) is 28.6 Å². The molecule has 0 atom stereocenters. The third-order valence-corrected chi connectivity index (χ3v) is 3.70. The number of rotatable bonds is 5. The van der Waals surface area contributed by atoms with Crippen molar-refractivity contribution in [2.45, 2.75) is 51.7 Å². The third-order valence-electron chi connectivity index (χ3n) is 3.70. The van der Waals surface area contributed by atoms with Gasteiger partial charge in [0.05, 0.1) is 13.2 Å². The summed E-state index contributed by atoms with van der Waals surface area (Å²) in [7, 11) is 0. The van der Waals surface area contributed by atoms with E-state index in [0.717, 1.165) is 24.0 Å². The minimum absolute atomic E-state index is 0.0176. The highest BCUT2D eigenvalue weighted by molar-refractivity contribution is 5.80. The van der Waals surface area contributed by atoms with Gasteiger partial charge in [-0.1, -0.05) is 19.3 Å².